The van der Waals surface area contributed by atoms with Gasteiger partial charge in [0, 0.05) is 29.8 Å². The summed E-state index contributed by atoms with van der Waals surface area (Å²) in [6.45, 7) is 6.59. The summed E-state index contributed by atoms with van der Waals surface area (Å²) >= 11 is 0. The van der Waals surface area contributed by atoms with E-state index in [2.05, 4.69) is 110 Å². The molecule has 32 heavy (non-hydrogen) atoms. The molecular weight excluding hydrogens is 458 g/mol. The van der Waals surface area contributed by atoms with Crippen molar-refractivity contribution in [1.29, 1.82) is 0 Å². The summed E-state index contributed by atoms with van der Waals surface area (Å²) in [7, 11) is 1.76. The molecule has 0 saturated heterocycles. The number of aromatic nitrogens is 1. The van der Waals surface area contributed by atoms with Gasteiger partial charge in [-0.25, -0.2) is 0 Å². The maximum absolute atomic E-state index is 5.92. The molecule has 2 nitrogen and oxygen atoms in total. The standard InChI is InChI=1S/C29H26NO.BrH/c1-19-17-20(2)27(21(3)18-19)28-23-13-8-9-14-24(23)30(22-11-6-5-7-12-22)25-15-10-16-26(31-4)29(25)28;/h5-18H,1-4H3;1H/q+1;/p-1. The summed E-state index contributed by atoms with van der Waals surface area (Å²) in [6, 6.07) is 30.1. The van der Waals surface area contributed by atoms with Crippen molar-refractivity contribution in [2.24, 2.45) is 0 Å². The first kappa shape index (κ1) is 22.0. The van der Waals surface area contributed by atoms with E-state index in [0.717, 1.165) is 22.3 Å². The Balaban J connectivity index is 0.00000245. The van der Waals surface area contributed by atoms with Gasteiger partial charge in [-0.3, -0.25) is 0 Å². The van der Waals surface area contributed by atoms with Gasteiger partial charge in [0.05, 0.1) is 17.9 Å². The highest BCUT2D eigenvalue weighted by Gasteiger charge is 2.26. The van der Waals surface area contributed by atoms with Gasteiger partial charge in [0.25, 0.3) is 0 Å². The summed E-state index contributed by atoms with van der Waals surface area (Å²) in [5.74, 6) is 0.891. The van der Waals surface area contributed by atoms with Gasteiger partial charge < -0.3 is 21.7 Å². The zero-order chi connectivity index (χ0) is 21.5. The molecule has 4 aromatic carbocycles. The van der Waals surface area contributed by atoms with Crippen LogP contribution in [-0.2, 0) is 0 Å². The van der Waals surface area contributed by atoms with Gasteiger partial charge in [-0.05, 0) is 49.6 Å². The summed E-state index contributed by atoms with van der Waals surface area (Å²) in [5.41, 5.74) is 9.85. The maximum Gasteiger partial charge on any atom is 0.223 e. The van der Waals surface area contributed by atoms with Crippen molar-refractivity contribution in [3.63, 3.8) is 0 Å². The molecule has 0 aliphatic heterocycles. The molecule has 0 saturated carbocycles. The van der Waals surface area contributed by atoms with E-state index in [0.29, 0.717) is 0 Å². The molecule has 160 valence electrons. The molecule has 0 radical (unpaired) electrons. The molecule has 5 aromatic rings. The lowest BCUT2D eigenvalue weighted by atomic mass is 9.88. The van der Waals surface area contributed by atoms with Crippen molar-refractivity contribution >= 4 is 21.8 Å². The zero-order valence-electron chi connectivity index (χ0n) is 18.8. The summed E-state index contributed by atoms with van der Waals surface area (Å²) in [4.78, 5) is 0. The number of aryl methyl sites for hydroxylation is 3. The number of para-hydroxylation sites is 2. The van der Waals surface area contributed by atoms with Crippen molar-refractivity contribution in [3.05, 3.63) is 102 Å². The molecule has 0 fully saturated rings. The van der Waals surface area contributed by atoms with Crippen molar-refractivity contribution in [1.82, 2.24) is 0 Å². The van der Waals surface area contributed by atoms with Crippen LogP contribution in [0.1, 0.15) is 16.7 Å². The Morgan fingerprint density at radius 3 is 1.97 bits per heavy atom. The minimum atomic E-state index is 0. The number of rotatable bonds is 3. The molecule has 3 heteroatoms. The number of nitrogens with zero attached hydrogens (tertiary/aromatic N) is 1. The third kappa shape index (κ3) is 3.47. The van der Waals surface area contributed by atoms with E-state index >= 15 is 0 Å². The fraction of sp³-hybridized carbons (Fsp3) is 0.138. The lowest BCUT2D eigenvalue weighted by Gasteiger charge is -2.18. The predicted molar refractivity (Wildman–Crippen MR) is 129 cm³/mol. The first-order chi connectivity index (χ1) is 15.1. The third-order valence-corrected chi connectivity index (χ3v) is 6.07. The number of hydrogen-bond donors (Lipinski definition) is 0. The second kappa shape index (κ2) is 8.76. The van der Waals surface area contributed by atoms with E-state index in [1.54, 1.807) is 7.11 Å². The van der Waals surface area contributed by atoms with Crippen LogP contribution in [0.4, 0.5) is 0 Å². The second-order valence-corrected chi connectivity index (χ2v) is 8.19. The zero-order valence-corrected chi connectivity index (χ0v) is 20.4. The van der Waals surface area contributed by atoms with E-state index in [9.17, 15) is 0 Å². The number of pyridine rings is 1. The Bertz CT molecular complexity index is 1420. The van der Waals surface area contributed by atoms with Crippen LogP contribution in [0.5, 0.6) is 5.75 Å². The molecule has 1 aromatic heterocycles. The van der Waals surface area contributed by atoms with E-state index in [-0.39, 0.29) is 17.0 Å². The van der Waals surface area contributed by atoms with E-state index in [1.165, 1.54) is 38.7 Å². The van der Waals surface area contributed by atoms with Gasteiger partial charge in [-0.15, -0.1) is 0 Å². The largest absolute Gasteiger partial charge is 1.00 e. The molecule has 0 amide bonds. The molecule has 0 unspecified atom stereocenters. The third-order valence-electron chi connectivity index (χ3n) is 6.07. The second-order valence-electron chi connectivity index (χ2n) is 8.19. The highest BCUT2D eigenvalue weighted by Crippen LogP contribution is 2.42. The lowest BCUT2D eigenvalue weighted by Crippen LogP contribution is -3.00. The molecule has 0 aliphatic carbocycles. The van der Waals surface area contributed by atoms with Gasteiger partial charge in [0.1, 0.15) is 5.75 Å². The normalized spacial score (nSPS) is 10.9. The summed E-state index contributed by atoms with van der Waals surface area (Å²) in [6.07, 6.45) is 0. The van der Waals surface area contributed by atoms with Crippen LogP contribution < -0.4 is 26.3 Å². The number of halogens is 1. The smallest absolute Gasteiger partial charge is 0.223 e. The Morgan fingerprint density at radius 2 is 1.28 bits per heavy atom. The van der Waals surface area contributed by atoms with Crippen LogP contribution in [0.25, 0.3) is 38.6 Å². The molecule has 0 spiro atoms. The Hall–Kier alpha value is -3.17. The number of hydrogen-bond acceptors (Lipinski definition) is 1. The number of benzene rings is 4. The lowest BCUT2D eigenvalue weighted by molar-refractivity contribution is -0.537. The van der Waals surface area contributed by atoms with Crippen LogP contribution in [0.15, 0.2) is 84.9 Å². The Morgan fingerprint density at radius 1 is 0.656 bits per heavy atom. The van der Waals surface area contributed by atoms with E-state index in [1.807, 2.05) is 0 Å². The molecule has 1 heterocycles. The van der Waals surface area contributed by atoms with Gasteiger partial charge in [0.15, 0.2) is 0 Å². The highest BCUT2D eigenvalue weighted by atomic mass is 79.9. The van der Waals surface area contributed by atoms with Crippen molar-refractivity contribution in [2.75, 3.05) is 7.11 Å². The molecule has 5 rings (SSSR count). The molecular formula is C29H26BrNO. The van der Waals surface area contributed by atoms with Gasteiger partial charge in [0.2, 0.25) is 16.7 Å². The van der Waals surface area contributed by atoms with Crippen LogP contribution in [0, 0.1) is 20.8 Å². The average Bonchev–Trinajstić information content (AvgIpc) is 2.78. The number of methoxy groups -OCH3 is 1. The monoisotopic (exact) mass is 483 g/mol. The number of ether oxygens (including phenoxy) is 1. The first-order valence-electron chi connectivity index (χ1n) is 10.7. The van der Waals surface area contributed by atoms with Crippen LogP contribution in [-0.4, -0.2) is 7.11 Å². The van der Waals surface area contributed by atoms with Gasteiger partial charge in [-0.1, -0.05) is 54.1 Å². The van der Waals surface area contributed by atoms with Gasteiger partial charge >= 0.3 is 0 Å². The SMILES string of the molecule is COc1cccc2c1c(-c1c(C)cc(C)cc1C)c1ccccc1[n+]2-c1ccccc1.[Br-]. The van der Waals surface area contributed by atoms with Crippen LogP contribution in [0.2, 0.25) is 0 Å². The van der Waals surface area contributed by atoms with Crippen LogP contribution in [0.3, 0.4) is 0 Å². The topological polar surface area (TPSA) is 13.1 Å². The Kier molecular flexibility index (Phi) is 6.03. The molecule has 0 N–H and O–H groups in total. The van der Waals surface area contributed by atoms with Crippen LogP contribution >= 0.6 is 0 Å². The minimum Gasteiger partial charge on any atom is -1.00 e. The van der Waals surface area contributed by atoms with Crippen molar-refractivity contribution in [2.45, 2.75) is 20.8 Å². The van der Waals surface area contributed by atoms with Crippen molar-refractivity contribution < 1.29 is 26.3 Å². The van der Waals surface area contributed by atoms with Gasteiger partial charge in [-0.2, -0.15) is 4.57 Å². The van der Waals surface area contributed by atoms with E-state index in [4.69, 9.17) is 4.74 Å². The number of fused-ring (bicyclic) bond motifs is 2. The molecule has 0 bridgehead atoms. The fourth-order valence-electron chi connectivity index (χ4n) is 4.96. The first-order valence-corrected chi connectivity index (χ1v) is 10.7. The van der Waals surface area contributed by atoms with E-state index < -0.39 is 0 Å². The average molecular weight is 484 g/mol. The van der Waals surface area contributed by atoms with Crippen molar-refractivity contribution in [3.8, 4) is 22.6 Å². The molecule has 0 aliphatic rings. The fourth-order valence-corrected chi connectivity index (χ4v) is 4.96. The minimum absolute atomic E-state index is 0. The predicted octanol–water partition coefficient (Wildman–Crippen LogP) is 3.87. The quantitative estimate of drug-likeness (QED) is 0.280. The summed E-state index contributed by atoms with van der Waals surface area (Å²) in [5, 5.41) is 2.36. The highest BCUT2D eigenvalue weighted by molar-refractivity contribution is 6.11. The maximum atomic E-state index is 5.92. The molecule has 0 atom stereocenters. The Labute approximate surface area is 199 Å². The summed E-state index contributed by atoms with van der Waals surface area (Å²) < 4.78 is 8.26.